The number of benzene rings is 1. The van der Waals surface area contributed by atoms with Crippen molar-refractivity contribution in [2.45, 2.75) is 25.2 Å². The molecule has 0 fully saturated rings. The van der Waals surface area contributed by atoms with Crippen LogP contribution < -0.4 is 10.4 Å². The van der Waals surface area contributed by atoms with Crippen LogP contribution in [0.25, 0.3) is 11.0 Å². The fraction of sp³-hybridized carbons (Fsp3) is 0.529. The number of rotatable bonds is 7. The summed E-state index contributed by atoms with van der Waals surface area (Å²) in [5.74, 6) is -0.978. The van der Waals surface area contributed by atoms with Gasteiger partial charge < -0.3 is 4.74 Å². The highest BCUT2D eigenvalue weighted by molar-refractivity contribution is 9.10. The molecule has 1 unspecified atom stereocenters. The molecule has 1 N–H and O–H groups in total. The molecule has 0 saturated heterocycles. The lowest BCUT2D eigenvalue weighted by Crippen LogP contribution is -2.38. The predicted molar refractivity (Wildman–Crippen MR) is 106 cm³/mol. The number of aromatic nitrogens is 2. The predicted octanol–water partition coefficient (Wildman–Crippen LogP) is 1.75. The van der Waals surface area contributed by atoms with Gasteiger partial charge in [0.15, 0.2) is 0 Å². The van der Waals surface area contributed by atoms with Crippen molar-refractivity contribution in [3.8, 4) is 0 Å². The Morgan fingerprint density at radius 1 is 1.22 bits per heavy atom. The van der Waals surface area contributed by atoms with Crippen molar-refractivity contribution in [2.75, 3.05) is 13.7 Å². The van der Waals surface area contributed by atoms with Crippen molar-refractivity contribution in [3.05, 3.63) is 27.1 Å². The summed E-state index contributed by atoms with van der Waals surface area (Å²) >= 11 is 3.24. The molecule has 0 saturated carbocycles. The zero-order valence-corrected chi connectivity index (χ0v) is 18.3. The summed E-state index contributed by atoms with van der Waals surface area (Å²) in [5.41, 5.74) is 0.762. The Morgan fingerprint density at radius 2 is 1.78 bits per heavy atom. The molecule has 1 atom stereocenters. The topological polar surface area (TPSA) is 99.4 Å². The highest BCUT2D eigenvalue weighted by Gasteiger charge is 2.27. The molecule has 0 radical (unpaired) electrons. The lowest BCUT2D eigenvalue weighted by molar-refractivity contribution is -0.125. The first kappa shape index (κ1) is 21.6. The van der Waals surface area contributed by atoms with Gasteiger partial charge in [-0.1, -0.05) is 13.8 Å². The van der Waals surface area contributed by atoms with Crippen LogP contribution in [0.4, 0.5) is 0 Å². The van der Waals surface area contributed by atoms with Crippen molar-refractivity contribution in [2.24, 2.45) is 25.9 Å². The van der Waals surface area contributed by atoms with Gasteiger partial charge in [-0.25, -0.2) is 17.9 Å². The van der Waals surface area contributed by atoms with Crippen LogP contribution >= 0.6 is 15.9 Å². The standard InChI is InChI=1S/C17H24BrN3O5S/c1-10(2)6-11(9-26-5)16(22)19-27(24,25)15-8-14-13(7-12(15)18)20(3)17(23)21(14)4/h7-8,10-11H,6,9H2,1-5H3,(H,19,22). The maximum atomic E-state index is 12.8. The molecule has 10 heteroatoms. The Hall–Kier alpha value is -1.65. The van der Waals surface area contributed by atoms with Crippen molar-refractivity contribution < 1.29 is 17.9 Å². The van der Waals surface area contributed by atoms with Gasteiger partial charge in [-0.15, -0.1) is 0 Å². The first-order valence-electron chi connectivity index (χ1n) is 8.40. The maximum Gasteiger partial charge on any atom is 0.328 e. The molecular formula is C17H24BrN3O5S. The number of nitrogens with one attached hydrogen (secondary N) is 1. The lowest BCUT2D eigenvalue weighted by Gasteiger charge is -2.18. The van der Waals surface area contributed by atoms with Crippen LogP contribution in [-0.4, -0.2) is 37.2 Å². The van der Waals surface area contributed by atoms with Crippen LogP contribution in [-0.2, 0) is 33.7 Å². The number of methoxy groups -OCH3 is 1. The molecule has 0 bridgehead atoms. The number of hydrogen-bond acceptors (Lipinski definition) is 5. The molecule has 1 heterocycles. The quantitative estimate of drug-likeness (QED) is 0.676. The van der Waals surface area contributed by atoms with E-state index in [4.69, 9.17) is 4.74 Å². The highest BCUT2D eigenvalue weighted by atomic mass is 79.9. The van der Waals surface area contributed by atoms with E-state index in [-0.39, 0.29) is 27.6 Å². The lowest BCUT2D eigenvalue weighted by atomic mass is 9.97. The molecule has 0 aliphatic rings. The van der Waals surface area contributed by atoms with Gasteiger partial charge in [0.05, 0.1) is 23.6 Å². The average Bonchev–Trinajstić information content (AvgIpc) is 2.77. The molecule has 150 valence electrons. The van der Waals surface area contributed by atoms with E-state index >= 15 is 0 Å². The summed E-state index contributed by atoms with van der Waals surface area (Å²) < 4.78 is 35.9. The molecule has 0 aliphatic carbocycles. The second-order valence-electron chi connectivity index (χ2n) is 6.92. The van der Waals surface area contributed by atoms with Gasteiger partial charge in [0.2, 0.25) is 5.91 Å². The van der Waals surface area contributed by atoms with Crippen molar-refractivity contribution in [1.29, 1.82) is 0 Å². The van der Waals surface area contributed by atoms with E-state index in [0.717, 1.165) is 0 Å². The van der Waals surface area contributed by atoms with E-state index < -0.39 is 21.8 Å². The van der Waals surface area contributed by atoms with Gasteiger partial charge in [0, 0.05) is 25.7 Å². The number of imidazole rings is 1. The summed E-state index contributed by atoms with van der Waals surface area (Å²) in [6, 6.07) is 2.93. The van der Waals surface area contributed by atoms with Crippen LogP contribution in [0.2, 0.25) is 0 Å². The zero-order valence-electron chi connectivity index (χ0n) is 15.9. The number of aryl methyl sites for hydroxylation is 2. The third-order valence-corrected chi connectivity index (χ3v) is 6.65. The Kier molecular flexibility index (Phi) is 6.54. The Bertz CT molecular complexity index is 1020. The Morgan fingerprint density at radius 3 is 2.30 bits per heavy atom. The number of nitrogens with zero attached hydrogens (tertiary/aromatic N) is 2. The molecule has 1 aromatic carbocycles. The minimum atomic E-state index is -4.13. The van der Waals surface area contributed by atoms with Gasteiger partial charge in [0.25, 0.3) is 10.0 Å². The van der Waals surface area contributed by atoms with E-state index in [1.807, 2.05) is 13.8 Å². The molecule has 0 aliphatic heterocycles. The first-order chi connectivity index (χ1) is 12.5. The summed E-state index contributed by atoms with van der Waals surface area (Å²) in [6.07, 6.45) is 0.503. The van der Waals surface area contributed by atoms with Crippen LogP contribution in [0.15, 0.2) is 26.3 Å². The van der Waals surface area contributed by atoms with E-state index in [1.165, 1.54) is 22.3 Å². The number of amides is 1. The number of fused-ring (bicyclic) bond motifs is 1. The second kappa shape index (κ2) is 8.15. The van der Waals surface area contributed by atoms with Gasteiger partial charge in [-0.05, 0) is 40.4 Å². The number of sulfonamides is 1. The summed E-state index contributed by atoms with van der Waals surface area (Å²) in [6.45, 7) is 4.03. The zero-order chi connectivity index (χ0) is 20.5. The van der Waals surface area contributed by atoms with Crippen LogP contribution in [0.3, 0.4) is 0 Å². The van der Waals surface area contributed by atoms with E-state index in [9.17, 15) is 18.0 Å². The normalized spacial score (nSPS) is 13.3. The summed E-state index contributed by atoms with van der Waals surface area (Å²) in [7, 11) is 0.506. The highest BCUT2D eigenvalue weighted by Crippen LogP contribution is 2.27. The first-order valence-corrected chi connectivity index (χ1v) is 10.7. The fourth-order valence-corrected chi connectivity index (χ4v) is 5.09. The van der Waals surface area contributed by atoms with E-state index in [0.29, 0.717) is 17.5 Å². The van der Waals surface area contributed by atoms with Crippen LogP contribution in [0.5, 0.6) is 0 Å². The van der Waals surface area contributed by atoms with Crippen molar-refractivity contribution in [3.63, 3.8) is 0 Å². The van der Waals surface area contributed by atoms with E-state index in [2.05, 4.69) is 20.7 Å². The number of hydrogen-bond donors (Lipinski definition) is 1. The third-order valence-electron chi connectivity index (χ3n) is 4.34. The number of carbonyl (C=O) groups excluding carboxylic acids is 1. The van der Waals surface area contributed by atoms with Gasteiger partial charge in [-0.2, -0.15) is 0 Å². The SMILES string of the molecule is COCC(CC(C)C)C(=O)NS(=O)(=O)c1cc2c(cc1Br)n(C)c(=O)n2C. The Balaban J connectivity index is 2.44. The van der Waals surface area contributed by atoms with Crippen molar-refractivity contribution >= 4 is 42.9 Å². The molecule has 2 aromatic rings. The van der Waals surface area contributed by atoms with Gasteiger partial charge >= 0.3 is 5.69 Å². The molecule has 27 heavy (non-hydrogen) atoms. The number of carbonyl (C=O) groups is 1. The van der Waals surface area contributed by atoms with Crippen LogP contribution in [0, 0.1) is 11.8 Å². The number of ether oxygens (including phenoxy) is 1. The molecule has 8 nitrogen and oxygen atoms in total. The Labute approximate surface area is 166 Å². The van der Waals surface area contributed by atoms with Gasteiger partial charge in [0.1, 0.15) is 4.90 Å². The molecule has 0 spiro atoms. The van der Waals surface area contributed by atoms with Crippen molar-refractivity contribution in [1.82, 2.24) is 13.9 Å². The maximum absolute atomic E-state index is 12.8. The number of halogens is 1. The van der Waals surface area contributed by atoms with Crippen LogP contribution in [0.1, 0.15) is 20.3 Å². The average molecular weight is 462 g/mol. The second-order valence-corrected chi connectivity index (χ2v) is 9.43. The van der Waals surface area contributed by atoms with E-state index in [1.54, 1.807) is 20.2 Å². The largest absolute Gasteiger partial charge is 0.384 e. The molecule has 2 rings (SSSR count). The molecular weight excluding hydrogens is 438 g/mol. The summed E-state index contributed by atoms with van der Waals surface area (Å²) in [4.78, 5) is 24.5. The van der Waals surface area contributed by atoms with Gasteiger partial charge in [-0.3, -0.25) is 13.9 Å². The smallest absolute Gasteiger partial charge is 0.328 e. The monoisotopic (exact) mass is 461 g/mol. The third kappa shape index (κ3) is 4.44. The minimum absolute atomic E-state index is 0.106. The minimum Gasteiger partial charge on any atom is -0.384 e. The fourth-order valence-electron chi connectivity index (χ4n) is 3.00. The molecule has 1 amide bonds. The summed E-state index contributed by atoms with van der Waals surface area (Å²) in [5, 5.41) is 0. The molecule has 1 aromatic heterocycles.